The highest BCUT2D eigenvalue weighted by atomic mass is 15.1. The lowest BCUT2D eigenvalue weighted by atomic mass is 9.94. The number of para-hydroxylation sites is 3. The third kappa shape index (κ3) is 4.25. The van der Waals surface area contributed by atoms with Crippen LogP contribution in [0.2, 0.25) is 0 Å². The first-order valence-corrected chi connectivity index (χ1v) is 15.7. The lowest BCUT2D eigenvalue weighted by Crippen LogP contribution is -2.10. The Hall–Kier alpha value is -6.19. The van der Waals surface area contributed by atoms with Gasteiger partial charge in [-0.2, -0.15) is 0 Å². The number of fused-ring (bicyclic) bond motifs is 5. The summed E-state index contributed by atoms with van der Waals surface area (Å²) in [5.74, 6) is 0.928. The zero-order valence-electron chi connectivity index (χ0n) is 25.1. The number of rotatable bonds is 5. The van der Waals surface area contributed by atoms with Gasteiger partial charge in [0.05, 0.1) is 16.7 Å². The minimum atomic E-state index is 0.928. The fourth-order valence-corrected chi connectivity index (χ4v) is 6.86. The van der Waals surface area contributed by atoms with Gasteiger partial charge in [-0.05, 0) is 70.8 Å². The topological polar surface area (TPSA) is 21.1 Å². The van der Waals surface area contributed by atoms with Gasteiger partial charge in [0.25, 0.3) is 0 Å². The zero-order chi connectivity index (χ0) is 30.5. The van der Waals surface area contributed by atoms with E-state index in [1.165, 1.54) is 33.4 Å². The molecule has 0 amide bonds. The molecular formula is C43H29N3. The molecule has 2 heterocycles. The van der Waals surface area contributed by atoms with E-state index in [0.29, 0.717) is 0 Å². The Balaban J connectivity index is 1.23. The van der Waals surface area contributed by atoms with Crippen LogP contribution in [0.25, 0.3) is 61.5 Å². The third-order valence-corrected chi connectivity index (χ3v) is 8.94. The molecule has 9 rings (SSSR count). The molecule has 3 heteroatoms. The maximum Gasteiger partial charge on any atom is 0.145 e. The Labute approximate surface area is 268 Å². The van der Waals surface area contributed by atoms with Crippen molar-refractivity contribution in [3.05, 3.63) is 176 Å². The van der Waals surface area contributed by atoms with Gasteiger partial charge < -0.3 is 4.90 Å². The Morgan fingerprint density at radius 3 is 1.72 bits per heavy atom. The highest BCUT2D eigenvalue weighted by molar-refractivity contribution is 6.03. The standard InChI is InChI=1S/C43H29N3/c1-3-13-30(14-4-1)31-25-27-34(28-26-31)45(33-16-5-2-6-17-33)35-18-11-15-32(29-35)43-44-40-23-12-22-39-37-20-8-7-19-36(37)38-21-9-10-24-41(38)46(43)42(39)40/h1-29H. The second-order valence-electron chi connectivity index (χ2n) is 11.6. The lowest BCUT2D eigenvalue weighted by Gasteiger charge is -2.26. The molecule has 0 fully saturated rings. The predicted octanol–water partition coefficient (Wildman–Crippen LogP) is 11.5. The highest BCUT2D eigenvalue weighted by Gasteiger charge is 2.25. The van der Waals surface area contributed by atoms with Crippen LogP contribution in [0.4, 0.5) is 17.1 Å². The number of imidazole rings is 1. The molecule has 0 unspecified atom stereocenters. The second-order valence-corrected chi connectivity index (χ2v) is 11.6. The van der Waals surface area contributed by atoms with Gasteiger partial charge in [0.1, 0.15) is 5.82 Å². The van der Waals surface area contributed by atoms with Crippen molar-refractivity contribution in [2.45, 2.75) is 0 Å². The Bertz CT molecular complexity index is 2350. The second kappa shape index (κ2) is 10.8. The molecule has 0 spiro atoms. The van der Waals surface area contributed by atoms with Crippen molar-refractivity contribution in [2.24, 2.45) is 0 Å². The van der Waals surface area contributed by atoms with Gasteiger partial charge in [0.2, 0.25) is 0 Å². The van der Waals surface area contributed by atoms with E-state index in [0.717, 1.165) is 45.2 Å². The van der Waals surface area contributed by atoms with Crippen molar-refractivity contribution in [2.75, 3.05) is 4.90 Å². The van der Waals surface area contributed by atoms with E-state index in [9.17, 15) is 0 Å². The quantitative estimate of drug-likeness (QED) is 0.200. The van der Waals surface area contributed by atoms with Crippen LogP contribution in [0.15, 0.2) is 176 Å². The van der Waals surface area contributed by atoms with Gasteiger partial charge in [-0.15, -0.1) is 0 Å². The minimum absolute atomic E-state index is 0.928. The normalized spacial score (nSPS) is 11.5. The van der Waals surface area contributed by atoms with Crippen molar-refractivity contribution >= 4 is 28.1 Å². The van der Waals surface area contributed by atoms with E-state index in [-0.39, 0.29) is 0 Å². The highest BCUT2D eigenvalue weighted by Crippen LogP contribution is 2.45. The summed E-state index contributed by atoms with van der Waals surface area (Å²) >= 11 is 0. The summed E-state index contributed by atoms with van der Waals surface area (Å²) in [6.45, 7) is 0. The van der Waals surface area contributed by atoms with E-state index in [1.807, 2.05) is 0 Å². The summed E-state index contributed by atoms with van der Waals surface area (Å²) in [6.07, 6.45) is 0. The minimum Gasteiger partial charge on any atom is -0.310 e. The van der Waals surface area contributed by atoms with Gasteiger partial charge >= 0.3 is 0 Å². The fraction of sp³-hybridized carbons (Fsp3) is 0. The maximum absolute atomic E-state index is 5.30. The van der Waals surface area contributed by atoms with Crippen molar-refractivity contribution in [3.63, 3.8) is 0 Å². The molecule has 0 saturated carbocycles. The molecule has 0 atom stereocenters. The third-order valence-electron chi connectivity index (χ3n) is 8.94. The van der Waals surface area contributed by atoms with Crippen LogP contribution in [0.3, 0.4) is 0 Å². The number of anilines is 3. The summed E-state index contributed by atoms with van der Waals surface area (Å²) in [6, 6.07) is 62.6. The number of hydrogen-bond acceptors (Lipinski definition) is 2. The van der Waals surface area contributed by atoms with Crippen LogP contribution < -0.4 is 4.90 Å². The molecule has 46 heavy (non-hydrogen) atoms. The summed E-state index contributed by atoms with van der Waals surface area (Å²) < 4.78 is 2.36. The van der Waals surface area contributed by atoms with E-state index in [1.54, 1.807) is 0 Å². The molecular weight excluding hydrogens is 558 g/mol. The lowest BCUT2D eigenvalue weighted by molar-refractivity contribution is 1.11. The van der Waals surface area contributed by atoms with Crippen molar-refractivity contribution < 1.29 is 0 Å². The monoisotopic (exact) mass is 587 g/mol. The molecule has 0 saturated heterocycles. The van der Waals surface area contributed by atoms with Crippen LogP contribution in [-0.2, 0) is 0 Å². The van der Waals surface area contributed by atoms with Gasteiger partial charge in [0.15, 0.2) is 0 Å². The first-order chi connectivity index (χ1) is 22.8. The average molecular weight is 588 g/mol. The fourth-order valence-electron chi connectivity index (χ4n) is 6.86. The van der Waals surface area contributed by atoms with E-state index >= 15 is 0 Å². The predicted molar refractivity (Wildman–Crippen MR) is 191 cm³/mol. The number of aromatic nitrogens is 2. The molecule has 216 valence electrons. The summed E-state index contributed by atoms with van der Waals surface area (Å²) in [5.41, 5.74) is 14.9. The smallest absolute Gasteiger partial charge is 0.145 e. The van der Waals surface area contributed by atoms with Crippen molar-refractivity contribution in [1.82, 2.24) is 9.55 Å². The molecule has 1 aromatic heterocycles. The molecule has 7 aromatic carbocycles. The van der Waals surface area contributed by atoms with Crippen molar-refractivity contribution in [3.8, 4) is 50.5 Å². The summed E-state index contributed by atoms with van der Waals surface area (Å²) in [5, 5.41) is 0. The van der Waals surface area contributed by atoms with Crippen LogP contribution in [0.1, 0.15) is 0 Å². The maximum atomic E-state index is 5.30. The van der Waals surface area contributed by atoms with Gasteiger partial charge in [-0.1, -0.05) is 127 Å². The van der Waals surface area contributed by atoms with Gasteiger partial charge in [-0.3, -0.25) is 4.57 Å². The number of benzene rings is 7. The molecule has 0 aliphatic carbocycles. The van der Waals surface area contributed by atoms with E-state index in [4.69, 9.17) is 4.98 Å². The molecule has 0 bridgehead atoms. The Morgan fingerprint density at radius 1 is 0.391 bits per heavy atom. The number of hydrogen-bond donors (Lipinski definition) is 0. The van der Waals surface area contributed by atoms with E-state index < -0.39 is 0 Å². The van der Waals surface area contributed by atoms with Crippen LogP contribution >= 0.6 is 0 Å². The molecule has 8 aromatic rings. The zero-order valence-corrected chi connectivity index (χ0v) is 25.1. The largest absolute Gasteiger partial charge is 0.310 e. The first-order valence-electron chi connectivity index (χ1n) is 15.7. The molecule has 1 aliphatic heterocycles. The molecule has 3 nitrogen and oxygen atoms in total. The average Bonchev–Trinajstić information content (AvgIpc) is 3.47. The van der Waals surface area contributed by atoms with E-state index in [2.05, 4.69) is 185 Å². The summed E-state index contributed by atoms with van der Waals surface area (Å²) in [4.78, 5) is 7.62. The van der Waals surface area contributed by atoms with Crippen molar-refractivity contribution in [1.29, 1.82) is 0 Å². The number of nitrogens with zero attached hydrogens (tertiary/aromatic N) is 3. The van der Waals surface area contributed by atoms with Crippen LogP contribution in [0, 0.1) is 0 Å². The van der Waals surface area contributed by atoms with Gasteiger partial charge in [0, 0.05) is 33.8 Å². The molecule has 1 aliphatic rings. The molecule has 0 radical (unpaired) electrons. The van der Waals surface area contributed by atoms with Crippen LogP contribution in [0.5, 0.6) is 0 Å². The Morgan fingerprint density at radius 2 is 0.935 bits per heavy atom. The van der Waals surface area contributed by atoms with Crippen LogP contribution in [-0.4, -0.2) is 9.55 Å². The first kappa shape index (κ1) is 26.2. The Kier molecular flexibility index (Phi) is 6.14. The molecule has 0 N–H and O–H groups in total. The SMILES string of the molecule is c1ccc(-c2ccc(N(c3ccccc3)c3cccc(-c4nc5cccc6c5n4-c4ccccc4-c4ccccc4-6)c3)cc2)cc1. The summed E-state index contributed by atoms with van der Waals surface area (Å²) in [7, 11) is 0. The van der Waals surface area contributed by atoms with Gasteiger partial charge in [-0.25, -0.2) is 4.98 Å².